The van der Waals surface area contributed by atoms with Gasteiger partial charge in [-0.3, -0.25) is 0 Å². The summed E-state index contributed by atoms with van der Waals surface area (Å²) >= 11 is 0. The summed E-state index contributed by atoms with van der Waals surface area (Å²) in [5.41, 5.74) is 4.59. The highest BCUT2D eigenvalue weighted by Crippen LogP contribution is 2.21. The molecule has 0 radical (unpaired) electrons. The van der Waals surface area contributed by atoms with Gasteiger partial charge in [0.15, 0.2) is 0 Å². The zero-order chi connectivity index (χ0) is 13.1. The van der Waals surface area contributed by atoms with Gasteiger partial charge in [-0.15, -0.1) is 0 Å². The van der Waals surface area contributed by atoms with Gasteiger partial charge < -0.3 is 10.4 Å². The van der Waals surface area contributed by atoms with Crippen molar-refractivity contribution in [3.63, 3.8) is 0 Å². The molecule has 0 aliphatic rings. The Kier molecular flexibility index (Phi) is 3.33. The van der Waals surface area contributed by atoms with Crippen LogP contribution in [-0.2, 0) is 0 Å². The summed E-state index contributed by atoms with van der Waals surface area (Å²) in [5, 5.41) is 12.1. The molecule has 0 saturated heterocycles. The van der Waals surface area contributed by atoms with E-state index >= 15 is 0 Å². The average molecular weight is 241 g/mol. The Morgan fingerprint density at radius 1 is 1.06 bits per heavy atom. The van der Waals surface area contributed by atoms with Crippen molar-refractivity contribution in [2.75, 3.05) is 5.32 Å². The average Bonchev–Trinajstić information content (AvgIpc) is 2.33. The predicted molar refractivity (Wildman–Crippen MR) is 72.6 cm³/mol. The largest absolute Gasteiger partial charge is 0.478 e. The Labute approximate surface area is 106 Å². The number of benzene rings is 2. The van der Waals surface area contributed by atoms with Crippen molar-refractivity contribution >= 4 is 17.3 Å². The number of hydrogen-bond acceptors (Lipinski definition) is 2. The summed E-state index contributed by atoms with van der Waals surface area (Å²) in [7, 11) is 0. The molecular weight excluding hydrogens is 226 g/mol. The lowest BCUT2D eigenvalue weighted by Gasteiger charge is -2.10. The number of carbonyl (C=O) groups is 1. The normalized spacial score (nSPS) is 10.1. The second kappa shape index (κ2) is 4.92. The van der Waals surface area contributed by atoms with Crippen molar-refractivity contribution in [1.29, 1.82) is 0 Å². The Morgan fingerprint density at radius 2 is 1.72 bits per heavy atom. The first kappa shape index (κ1) is 12.2. The van der Waals surface area contributed by atoms with Crippen molar-refractivity contribution in [3.05, 3.63) is 59.2 Å². The van der Waals surface area contributed by atoms with Crippen LogP contribution in [-0.4, -0.2) is 11.1 Å². The van der Waals surface area contributed by atoms with Gasteiger partial charge in [0.05, 0.1) is 5.56 Å². The monoisotopic (exact) mass is 241 g/mol. The molecule has 0 atom stereocenters. The van der Waals surface area contributed by atoms with E-state index in [0.29, 0.717) is 5.56 Å². The van der Waals surface area contributed by atoms with Crippen LogP contribution in [0, 0.1) is 13.8 Å². The minimum absolute atomic E-state index is 0.293. The summed E-state index contributed by atoms with van der Waals surface area (Å²) in [5.74, 6) is -0.909. The van der Waals surface area contributed by atoms with Gasteiger partial charge in [0.25, 0.3) is 0 Å². The molecule has 3 heteroatoms. The lowest BCUT2D eigenvalue weighted by atomic mass is 10.1. The molecule has 2 rings (SSSR count). The molecule has 0 aliphatic carbocycles. The van der Waals surface area contributed by atoms with Crippen LogP contribution >= 0.6 is 0 Å². The van der Waals surface area contributed by atoms with Crippen molar-refractivity contribution < 1.29 is 9.90 Å². The molecule has 0 amide bonds. The number of rotatable bonds is 3. The minimum Gasteiger partial charge on any atom is -0.478 e. The molecule has 0 bridgehead atoms. The summed E-state index contributed by atoms with van der Waals surface area (Å²) in [4.78, 5) is 10.7. The molecular formula is C15H15NO2. The maximum atomic E-state index is 10.7. The number of nitrogens with one attached hydrogen (secondary N) is 1. The Morgan fingerprint density at radius 3 is 2.28 bits per heavy atom. The number of carboxylic acids is 1. The summed E-state index contributed by atoms with van der Waals surface area (Å²) < 4.78 is 0. The van der Waals surface area contributed by atoms with E-state index in [0.717, 1.165) is 16.9 Å². The molecule has 3 nitrogen and oxygen atoms in total. The van der Waals surface area contributed by atoms with Crippen LogP contribution in [0.25, 0.3) is 0 Å². The molecule has 0 saturated carbocycles. The molecule has 0 heterocycles. The first-order valence-corrected chi connectivity index (χ1v) is 5.74. The molecule has 18 heavy (non-hydrogen) atoms. The van der Waals surface area contributed by atoms with Gasteiger partial charge in [-0.25, -0.2) is 4.79 Å². The zero-order valence-electron chi connectivity index (χ0n) is 10.4. The zero-order valence-corrected chi connectivity index (χ0v) is 10.4. The second-order valence-corrected chi connectivity index (χ2v) is 4.33. The Bertz CT molecular complexity index is 574. The number of hydrogen-bond donors (Lipinski definition) is 2. The van der Waals surface area contributed by atoms with Crippen LogP contribution in [0.4, 0.5) is 11.4 Å². The maximum Gasteiger partial charge on any atom is 0.335 e. The predicted octanol–water partition coefficient (Wildman–Crippen LogP) is 3.75. The molecule has 92 valence electrons. The lowest BCUT2D eigenvalue weighted by Crippen LogP contribution is -1.97. The van der Waals surface area contributed by atoms with E-state index in [1.807, 2.05) is 19.1 Å². The third kappa shape index (κ3) is 2.69. The van der Waals surface area contributed by atoms with Crippen LogP contribution in [0.3, 0.4) is 0 Å². The Hall–Kier alpha value is -2.29. The van der Waals surface area contributed by atoms with E-state index in [-0.39, 0.29) is 0 Å². The first-order valence-electron chi connectivity index (χ1n) is 5.74. The highest BCUT2D eigenvalue weighted by Gasteiger charge is 2.03. The Balaban J connectivity index is 2.21. The van der Waals surface area contributed by atoms with Gasteiger partial charge in [-0.05, 0) is 49.7 Å². The van der Waals surface area contributed by atoms with Crippen LogP contribution in [0.15, 0.2) is 42.5 Å². The molecule has 0 unspecified atom stereocenters. The van der Waals surface area contributed by atoms with E-state index in [2.05, 4.69) is 18.3 Å². The van der Waals surface area contributed by atoms with Crippen LogP contribution in [0.2, 0.25) is 0 Å². The van der Waals surface area contributed by atoms with Gasteiger partial charge in [0, 0.05) is 11.4 Å². The standard InChI is InChI=1S/C15H15NO2/c1-10-3-8-14(11(2)9-10)16-13-6-4-12(5-7-13)15(17)18/h3-9,16H,1-2H3,(H,17,18). The van der Waals surface area contributed by atoms with E-state index in [9.17, 15) is 4.79 Å². The molecule has 0 spiro atoms. The van der Waals surface area contributed by atoms with Crippen molar-refractivity contribution in [3.8, 4) is 0 Å². The highest BCUT2D eigenvalue weighted by atomic mass is 16.4. The molecule has 0 aromatic heterocycles. The van der Waals surface area contributed by atoms with E-state index < -0.39 is 5.97 Å². The minimum atomic E-state index is -0.909. The SMILES string of the molecule is Cc1ccc(Nc2ccc(C(=O)O)cc2)c(C)c1. The molecule has 0 fully saturated rings. The molecule has 2 aromatic carbocycles. The van der Waals surface area contributed by atoms with Crippen molar-refractivity contribution in [2.24, 2.45) is 0 Å². The second-order valence-electron chi connectivity index (χ2n) is 4.33. The van der Waals surface area contributed by atoms with Gasteiger partial charge in [-0.1, -0.05) is 17.7 Å². The van der Waals surface area contributed by atoms with E-state index in [1.165, 1.54) is 5.56 Å². The smallest absolute Gasteiger partial charge is 0.335 e. The van der Waals surface area contributed by atoms with Gasteiger partial charge >= 0.3 is 5.97 Å². The summed E-state index contributed by atoms with van der Waals surface area (Å²) in [6, 6.07) is 12.9. The number of aryl methyl sites for hydroxylation is 2. The van der Waals surface area contributed by atoms with Gasteiger partial charge in [-0.2, -0.15) is 0 Å². The number of anilines is 2. The topological polar surface area (TPSA) is 49.3 Å². The third-order valence-electron chi connectivity index (χ3n) is 2.79. The summed E-state index contributed by atoms with van der Waals surface area (Å²) in [6.07, 6.45) is 0. The summed E-state index contributed by atoms with van der Waals surface area (Å²) in [6.45, 7) is 4.10. The molecule has 2 N–H and O–H groups in total. The first-order chi connectivity index (χ1) is 8.56. The quantitative estimate of drug-likeness (QED) is 0.860. The van der Waals surface area contributed by atoms with Crippen LogP contribution in [0.1, 0.15) is 21.5 Å². The maximum absolute atomic E-state index is 10.7. The van der Waals surface area contributed by atoms with Crippen LogP contribution < -0.4 is 5.32 Å². The van der Waals surface area contributed by atoms with Gasteiger partial charge in [0.1, 0.15) is 0 Å². The van der Waals surface area contributed by atoms with Gasteiger partial charge in [0.2, 0.25) is 0 Å². The molecule has 2 aromatic rings. The molecule has 0 aliphatic heterocycles. The van der Waals surface area contributed by atoms with Crippen LogP contribution in [0.5, 0.6) is 0 Å². The number of carboxylic acid groups (broad SMARTS) is 1. The fourth-order valence-corrected chi connectivity index (χ4v) is 1.81. The lowest BCUT2D eigenvalue weighted by molar-refractivity contribution is 0.0697. The van der Waals surface area contributed by atoms with Crippen molar-refractivity contribution in [2.45, 2.75) is 13.8 Å². The van der Waals surface area contributed by atoms with E-state index in [4.69, 9.17) is 5.11 Å². The van der Waals surface area contributed by atoms with E-state index in [1.54, 1.807) is 24.3 Å². The fourth-order valence-electron chi connectivity index (χ4n) is 1.81. The third-order valence-corrected chi connectivity index (χ3v) is 2.79. The fraction of sp³-hybridized carbons (Fsp3) is 0.133. The highest BCUT2D eigenvalue weighted by molar-refractivity contribution is 5.88. The van der Waals surface area contributed by atoms with Crippen molar-refractivity contribution in [1.82, 2.24) is 0 Å². The number of aromatic carboxylic acids is 1.